The first-order valence-electron chi connectivity index (χ1n) is 6.31. The topological polar surface area (TPSA) is 0 Å². The Morgan fingerprint density at radius 1 is 1.00 bits per heavy atom. The lowest BCUT2D eigenvalue weighted by molar-refractivity contribution is -0.896. The molecule has 0 saturated heterocycles. The SMILES string of the molecule is CC#CC[N+](C)(C)Cc1cccc2ccccc12. The second-order valence-electron chi connectivity index (χ2n) is 5.32. The third kappa shape index (κ3) is 2.91. The average Bonchev–Trinajstić information content (AvgIpc) is 2.37. The van der Waals surface area contributed by atoms with Crippen LogP contribution in [0.25, 0.3) is 10.8 Å². The molecule has 0 spiro atoms. The number of hydrogen-bond donors (Lipinski definition) is 0. The molecule has 0 saturated carbocycles. The maximum atomic E-state index is 3.18. The Bertz CT molecular complexity index is 594. The van der Waals surface area contributed by atoms with E-state index in [-0.39, 0.29) is 0 Å². The van der Waals surface area contributed by atoms with Gasteiger partial charge in [0.15, 0.2) is 0 Å². The molecule has 0 aliphatic heterocycles. The molecule has 0 fully saturated rings. The molecule has 0 unspecified atom stereocenters. The average molecular weight is 238 g/mol. The van der Waals surface area contributed by atoms with Crippen molar-refractivity contribution < 1.29 is 4.48 Å². The highest BCUT2D eigenvalue weighted by Crippen LogP contribution is 2.21. The molecule has 0 heterocycles. The molecule has 1 nitrogen and oxygen atoms in total. The Kier molecular flexibility index (Phi) is 3.69. The smallest absolute Gasteiger partial charge is 0.140 e. The van der Waals surface area contributed by atoms with Crippen LogP contribution in [0.15, 0.2) is 42.5 Å². The van der Waals surface area contributed by atoms with Crippen LogP contribution in [0, 0.1) is 11.8 Å². The van der Waals surface area contributed by atoms with E-state index in [1.165, 1.54) is 16.3 Å². The lowest BCUT2D eigenvalue weighted by Crippen LogP contribution is -2.39. The molecule has 0 aliphatic carbocycles. The molecule has 0 aliphatic rings. The summed E-state index contributed by atoms with van der Waals surface area (Å²) in [5, 5.41) is 2.67. The highest BCUT2D eigenvalue weighted by Gasteiger charge is 2.15. The molecule has 1 heteroatoms. The molecular weight excluding hydrogens is 218 g/mol. The number of fused-ring (bicyclic) bond motifs is 1. The number of hydrogen-bond acceptors (Lipinski definition) is 0. The summed E-state index contributed by atoms with van der Waals surface area (Å²) < 4.78 is 0.898. The summed E-state index contributed by atoms with van der Waals surface area (Å²) in [5.41, 5.74) is 1.40. The monoisotopic (exact) mass is 238 g/mol. The van der Waals surface area contributed by atoms with Crippen molar-refractivity contribution in [1.82, 2.24) is 0 Å². The fourth-order valence-electron chi connectivity index (χ4n) is 2.24. The van der Waals surface area contributed by atoms with E-state index >= 15 is 0 Å². The van der Waals surface area contributed by atoms with Crippen LogP contribution < -0.4 is 0 Å². The van der Waals surface area contributed by atoms with Gasteiger partial charge in [-0.2, -0.15) is 0 Å². The predicted molar refractivity (Wildman–Crippen MR) is 78.1 cm³/mol. The maximum Gasteiger partial charge on any atom is 0.140 e. The van der Waals surface area contributed by atoms with E-state index in [0.29, 0.717) is 0 Å². The number of nitrogens with zero attached hydrogens (tertiary/aromatic N) is 1. The number of rotatable bonds is 3. The summed E-state index contributed by atoms with van der Waals surface area (Å²) in [6.07, 6.45) is 0. The molecule has 2 rings (SSSR count). The number of quaternary nitrogens is 1. The van der Waals surface area contributed by atoms with E-state index in [1.807, 2.05) is 6.92 Å². The highest BCUT2D eigenvalue weighted by atomic mass is 15.3. The van der Waals surface area contributed by atoms with Gasteiger partial charge in [0.2, 0.25) is 0 Å². The Morgan fingerprint density at radius 2 is 1.72 bits per heavy atom. The van der Waals surface area contributed by atoms with Crippen molar-refractivity contribution in [1.29, 1.82) is 0 Å². The molecule has 0 radical (unpaired) electrons. The molecule has 0 amide bonds. The standard InChI is InChI=1S/C17H20N/c1-4-5-13-18(2,3)14-16-11-8-10-15-9-6-7-12-17(15)16/h6-12H,13-14H2,1-3H3/q+1. The van der Waals surface area contributed by atoms with E-state index in [1.54, 1.807) is 0 Å². The summed E-state index contributed by atoms with van der Waals surface area (Å²) in [4.78, 5) is 0. The predicted octanol–water partition coefficient (Wildman–Crippen LogP) is 3.44. The molecule has 2 aromatic carbocycles. The van der Waals surface area contributed by atoms with Crippen LogP contribution >= 0.6 is 0 Å². The van der Waals surface area contributed by atoms with Gasteiger partial charge in [0, 0.05) is 5.56 Å². The van der Waals surface area contributed by atoms with Crippen LogP contribution in [0.3, 0.4) is 0 Å². The molecular formula is C17H20N+. The zero-order valence-corrected chi connectivity index (χ0v) is 11.4. The van der Waals surface area contributed by atoms with E-state index in [4.69, 9.17) is 0 Å². The first-order valence-corrected chi connectivity index (χ1v) is 6.31. The van der Waals surface area contributed by atoms with Gasteiger partial charge in [0.25, 0.3) is 0 Å². The minimum atomic E-state index is 0.889. The van der Waals surface area contributed by atoms with Crippen molar-refractivity contribution in [2.24, 2.45) is 0 Å². The van der Waals surface area contributed by atoms with Crippen LogP contribution in [0.5, 0.6) is 0 Å². The van der Waals surface area contributed by atoms with Gasteiger partial charge >= 0.3 is 0 Å². The zero-order chi connectivity index (χ0) is 13.0. The Labute approximate surface area is 110 Å². The van der Waals surface area contributed by atoms with E-state index in [9.17, 15) is 0 Å². The Morgan fingerprint density at radius 3 is 2.50 bits per heavy atom. The molecule has 2 aromatic rings. The molecule has 0 aromatic heterocycles. The normalized spacial score (nSPS) is 11.1. The molecule has 0 atom stereocenters. The summed E-state index contributed by atoms with van der Waals surface area (Å²) in [7, 11) is 4.46. The summed E-state index contributed by atoms with van der Waals surface area (Å²) in [5.74, 6) is 6.16. The summed E-state index contributed by atoms with van der Waals surface area (Å²) in [6, 6.07) is 15.1. The van der Waals surface area contributed by atoms with Crippen LogP contribution in [-0.2, 0) is 6.54 Å². The van der Waals surface area contributed by atoms with E-state index in [2.05, 4.69) is 68.4 Å². The van der Waals surface area contributed by atoms with Gasteiger partial charge in [0.05, 0.1) is 14.1 Å². The van der Waals surface area contributed by atoms with E-state index < -0.39 is 0 Å². The third-order valence-corrected chi connectivity index (χ3v) is 3.16. The van der Waals surface area contributed by atoms with Gasteiger partial charge in [-0.15, -0.1) is 5.92 Å². The quantitative estimate of drug-likeness (QED) is 0.567. The van der Waals surface area contributed by atoms with Crippen molar-refractivity contribution in [3.8, 4) is 11.8 Å². The van der Waals surface area contributed by atoms with Gasteiger partial charge in [-0.3, -0.25) is 0 Å². The van der Waals surface area contributed by atoms with Crippen LogP contribution in [0.4, 0.5) is 0 Å². The fourth-order valence-corrected chi connectivity index (χ4v) is 2.24. The first kappa shape index (κ1) is 12.7. The van der Waals surface area contributed by atoms with Crippen LogP contribution in [0.2, 0.25) is 0 Å². The first-order chi connectivity index (χ1) is 8.62. The molecule has 0 N–H and O–H groups in total. The summed E-state index contributed by atoms with van der Waals surface area (Å²) >= 11 is 0. The van der Waals surface area contributed by atoms with Crippen molar-refractivity contribution >= 4 is 10.8 Å². The zero-order valence-electron chi connectivity index (χ0n) is 11.4. The fraction of sp³-hybridized carbons (Fsp3) is 0.294. The van der Waals surface area contributed by atoms with Gasteiger partial charge in [-0.25, -0.2) is 0 Å². The highest BCUT2D eigenvalue weighted by molar-refractivity contribution is 5.85. The van der Waals surface area contributed by atoms with Crippen LogP contribution in [0.1, 0.15) is 12.5 Å². The lowest BCUT2D eigenvalue weighted by Gasteiger charge is -2.28. The lowest BCUT2D eigenvalue weighted by atomic mass is 10.0. The summed E-state index contributed by atoms with van der Waals surface area (Å²) in [6.45, 7) is 3.80. The molecule has 0 bridgehead atoms. The Hall–Kier alpha value is -1.78. The molecule has 92 valence electrons. The second-order valence-corrected chi connectivity index (χ2v) is 5.32. The van der Waals surface area contributed by atoms with Crippen molar-refractivity contribution in [2.45, 2.75) is 13.5 Å². The number of benzene rings is 2. The van der Waals surface area contributed by atoms with Gasteiger partial charge in [-0.1, -0.05) is 42.5 Å². The molecule has 18 heavy (non-hydrogen) atoms. The maximum absolute atomic E-state index is 3.18. The van der Waals surface area contributed by atoms with E-state index in [0.717, 1.165) is 17.6 Å². The van der Waals surface area contributed by atoms with Crippen molar-refractivity contribution in [3.63, 3.8) is 0 Å². The van der Waals surface area contributed by atoms with Gasteiger partial charge in [-0.05, 0) is 23.6 Å². The van der Waals surface area contributed by atoms with Gasteiger partial charge in [0.1, 0.15) is 13.1 Å². The van der Waals surface area contributed by atoms with Crippen molar-refractivity contribution in [3.05, 3.63) is 48.0 Å². The second kappa shape index (κ2) is 5.25. The van der Waals surface area contributed by atoms with Gasteiger partial charge < -0.3 is 4.48 Å². The minimum absolute atomic E-state index is 0.889. The van der Waals surface area contributed by atoms with Crippen LogP contribution in [-0.4, -0.2) is 25.1 Å². The minimum Gasteiger partial charge on any atom is -0.315 e. The largest absolute Gasteiger partial charge is 0.315 e. The van der Waals surface area contributed by atoms with Crippen molar-refractivity contribution in [2.75, 3.05) is 20.6 Å². The third-order valence-electron chi connectivity index (χ3n) is 3.16. The Balaban J connectivity index is 2.33.